The Kier molecular flexibility index (Phi) is 6.80. The monoisotopic (exact) mass is 458 g/mol. The Labute approximate surface area is 189 Å². The molecule has 0 amide bonds. The molecule has 0 aliphatic carbocycles. The molecule has 0 bridgehead atoms. The molecule has 1 aromatic heterocycles. The van der Waals surface area contributed by atoms with Crippen molar-refractivity contribution in [2.75, 3.05) is 40.3 Å². The maximum atomic E-state index is 14.3. The summed E-state index contributed by atoms with van der Waals surface area (Å²) in [6, 6.07) is 9.60. The van der Waals surface area contributed by atoms with E-state index in [4.69, 9.17) is 4.74 Å². The van der Waals surface area contributed by atoms with Gasteiger partial charge in [0.25, 0.3) is 5.56 Å². The number of likely N-dealkylation sites (N-methyl/N-ethyl adjacent to an activating group) is 1. The standard InChI is InChI=1S/C24H25F3N4O2/c1-29-7-9-30(10-8-29)15-18-13-22(17-4-6-23(33-2)21(27)12-17)28-31(24(18)32)14-16-3-5-19(25)20(26)11-16/h3-6,11-13H,7-10,14-15H2,1-2H3. The van der Waals surface area contributed by atoms with Gasteiger partial charge in [-0.3, -0.25) is 9.69 Å². The highest BCUT2D eigenvalue weighted by Gasteiger charge is 2.18. The molecule has 4 rings (SSSR count). The number of aromatic nitrogens is 2. The van der Waals surface area contributed by atoms with Gasteiger partial charge in [-0.1, -0.05) is 6.07 Å². The lowest BCUT2D eigenvalue weighted by Crippen LogP contribution is -2.45. The predicted molar refractivity (Wildman–Crippen MR) is 119 cm³/mol. The molecule has 0 saturated carbocycles. The van der Waals surface area contributed by atoms with Crippen molar-refractivity contribution in [2.45, 2.75) is 13.1 Å². The highest BCUT2D eigenvalue weighted by molar-refractivity contribution is 5.60. The van der Waals surface area contributed by atoms with E-state index in [1.165, 1.54) is 30.0 Å². The SMILES string of the molecule is COc1ccc(-c2cc(CN3CCN(C)CC3)c(=O)n(Cc3ccc(F)c(F)c3)n2)cc1F. The average molecular weight is 458 g/mol. The fraction of sp³-hybridized carbons (Fsp3) is 0.333. The first-order valence-electron chi connectivity index (χ1n) is 10.6. The van der Waals surface area contributed by atoms with Crippen molar-refractivity contribution in [2.24, 2.45) is 0 Å². The zero-order valence-electron chi connectivity index (χ0n) is 18.5. The lowest BCUT2D eigenvalue weighted by Gasteiger charge is -2.32. The van der Waals surface area contributed by atoms with E-state index in [-0.39, 0.29) is 17.9 Å². The molecule has 2 heterocycles. The van der Waals surface area contributed by atoms with E-state index in [9.17, 15) is 18.0 Å². The number of hydrogen-bond acceptors (Lipinski definition) is 5. The van der Waals surface area contributed by atoms with Gasteiger partial charge in [0.05, 0.1) is 19.3 Å². The highest BCUT2D eigenvalue weighted by Crippen LogP contribution is 2.24. The summed E-state index contributed by atoms with van der Waals surface area (Å²) in [5.74, 6) is -2.40. The molecule has 174 valence electrons. The number of piperazine rings is 1. The summed E-state index contributed by atoms with van der Waals surface area (Å²) >= 11 is 0. The van der Waals surface area contributed by atoms with Crippen molar-refractivity contribution in [3.63, 3.8) is 0 Å². The van der Waals surface area contributed by atoms with Gasteiger partial charge in [0.15, 0.2) is 23.2 Å². The van der Waals surface area contributed by atoms with Crippen LogP contribution in [0, 0.1) is 17.5 Å². The van der Waals surface area contributed by atoms with Crippen LogP contribution in [-0.4, -0.2) is 59.9 Å². The Morgan fingerprint density at radius 2 is 1.67 bits per heavy atom. The molecule has 3 aromatic rings. The third-order valence-corrected chi connectivity index (χ3v) is 5.80. The molecule has 0 radical (unpaired) electrons. The smallest absolute Gasteiger partial charge is 0.271 e. The largest absolute Gasteiger partial charge is 0.494 e. The number of benzene rings is 2. The first-order chi connectivity index (χ1) is 15.8. The van der Waals surface area contributed by atoms with Crippen LogP contribution >= 0.6 is 0 Å². The average Bonchev–Trinajstić information content (AvgIpc) is 2.80. The molecule has 1 aliphatic rings. The molecule has 1 fully saturated rings. The van der Waals surface area contributed by atoms with E-state index < -0.39 is 17.5 Å². The van der Waals surface area contributed by atoms with Crippen molar-refractivity contribution in [1.29, 1.82) is 0 Å². The van der Waals surface area contributed by atoms with Crippen LogP contribution in [0.3, 0.4) is 0 Å². The molecule has 0 unspecified atom stereocenters. The van der Waals surface area contributed by atoms with Crippen molar-refractivity contribution in [1.82, 2.24) is 19.6 Å². The number of rotatable bonds is 6. The number of ether oxygens (including phenoxy) is 1. The van der Waals surface area contributed by atoms with Crippen molar-refractivity contribution in [3.8, 4) is 17.0 Å². The minimum absolute atomic E-state index is 0.0434. The molecule has 33 heavy (non-hydrogen) atoms. The lowest BCUT2D eigenvalue weighted by atomic mass is 10.1. The second kappa shape index (κ2) is 9.76. The van der Waals surface area contributed by atoms with Gasteiger partial charge in [-0.25, -0.2) is 17.9 Å². The van der Waals surface area contributed by atoms with Gasteiger partial charge in [-0.2, -0.15) is 5.10 Å². The van der Waals surface area contributed by atoms with E-state index in [2.05, 4.69) is 21.9 Å². The summed E-state index contributed by atoms with van der Waals surface area (Å²) in [4.78, 5) is 17.6. The fourth-order valence-electron chi connectivity index (χ4n) is 3.84. The van der Waals surface area contributed by atoms with E-state index >= 15 is 0 Å². The Morgan fingerprint density at radius 1 is 0.909 bits per heavy atom. The normalized spacial score (nSPS) is 15.1. The second-order valence-corrected chi connectivity index (χ2v) is 8.19. The van der Waals surface area contributed by atoms with Crippen LogP contribution in [0.1, 0.15) is 11.1 Å². The molecule has 6 nitrogen and oxygen atoms in total. The first kappa shape index (κ1) is 23.0. The predicted octanol–water partition coefficient (Wildman–Crippen LogP) is 3.13. The van der Waals surface area contributed by atoms with Gasteiger partial charge >= 0.3 is 0 Å². The zero-order valence-corrected chi connectivity index (χ0v) is 18.5. The Balaban J connectivity index is 1.73. The molecule has 0 spiro atoms. The van der Waals surface area contributed by atoms with Crippen LogP contribution in [0.15, 0.2) is 47.3 Å². The van der Waals surface area contributed by atoms with Crippen LogP contribution in [0.4, 0.5) is 13.2 Å². The van der Waals surface area contributed by atoms with Gasteiger partial charge in [0.1, 0.15) is 0 Å². The minimum atomic E-state index is -0.994. The molecular formula is C24H25F3N4O2. The van der Waals surface area contributed by atoms with Crippen molar-refractivity contribution >= 4 is 0 Å². The molecule has 2 aromatic carbocycles. The summed E-state index contributed by atoms with van der Waals surface area (Å²) in [7, 11) is 3.43. The molecule has 9 heteroatoms. The van der Waals surface area contributed by atoms with E-state index in [1.807, 2.05) is 0 Å². The molecule has 1 saturated heterocycles. The molecule has 0 N–H and O–H groups in total. The number of nitrogens with zero attached hydrogens (tertiary/aromatic N) is 4. The second-order valence-electron chi connectivity index (χ2n) is 8.19. The van der Waals surface area contributed by atoms with Gasteiger partial charge in [-0.05, 0) is 49.0 Å². The quantitative estimate of drug-likeness (QED) is 0.568. The summed E-state index contributed by atoms with van der Waals surface area (Å²) in [6.07, 6.45) is 0. The van der Waals surface area contributed by atoms with E-state index in [0.29, 0.717) is 28.9 Å². The van der Waals surface area contributed by atoms with Crippen LogP contribution in [0.25, 0.3) is 11.3 Å². The number of methoxy groups -OCH3 is 1. The fourth-order valence-corrected chi connectivity index (χ4v) is 3.84. The summed E-state index contributed by atoms with van der Waals surface area (Å²) in [5, 5.41) is 4.41. The summed E-state index contributed by atoms with van der Waals surface area (Å²) in [5.41, 5.74) is 1.46. The maximum Gasteiger partial charge on any atom is 0.271 e. The summed E-state index contributed by atoms with van der Waals surface area (Å²) in [6.45, 7) is 3.79. The minimum Gasteiger partial charge on any atom is -0.494 e. The van der Waals surface area contributed by atoms with Crippen LogP contribution < -0.4 is 10.3 Å². The van der Waals surface area contributed by atoms with Gasteiger partial charge in [0, 0.05) is 43.9 Å². The topological polar surface area (TPSA) is 50.6 Å². The summed E-state index contributed by atoms with van der Waals surface area (Å²) < 4.78 is 47.6. The van der Waals surface area contributed by atoms with Gasteiger partial charge in [-0.15, -0.1) is 0 Å². The van der Waals surface area contributed by atoms with Gasteiger partial charge < -0.3 is 9.64 Å². The lowest BCUT2D eigenvalue weighted by molar-refractivity contribution is 0.147. The Hall–Kier alpha value is -3.17. The Bertz CT molecular complexity index is 1210. The third kappa shape index (κ3) is 5.26. The maximum absolute atomic E-state index is 14.3. The zero-order chi connectivity index (χ0) is 23.5. The molecular weight excluding hydrogens is 433 g/mol. The third-order valence-electron chi connectivity index (χ3n) is 5.80. The van der Waals surface area contributed by atoms with Crippen LogP contribution in [0.2, 0.25) is 0 Å². The van der Waals surface area contributed by atoms with Crippen LogP contribution in [-0.2, 0) is 13.1 Å². The van der Waals surface area contributed by atoms with Crippen molar-refractivity contribution < 1.29 is 17.9 Å². The van der Waals surface area contributed by atoms with E-state index in [1.54, 1.807) is 12.1 Å². The molecule has 0 atom stereocenters. The Morgan fingerprint density at radius 3 is 2.33 bits per heavy atom. The van der Waals surface area contributed by atoms with Gasteiger partial charge in [0.2, 0.25) is 0 Å². The number of hydrogen-bond donors (Lipinski definition) is 0. The van der Waals surface area contributed by atoms with E-state index in [0.717, 1.165) is 38.3 Å². The highest BCUT2D eigenvalue weighted by atomic mass is 19.2. The molecule has 1 aliphatic heterocycles. The first-order valence-corrected chi connectivity index (χ1v) is 10.6. The van der Waals surface area contributed by atoms with Crippen LogP contribution in [0.5, 0.6) is 5.75 Å². The number of halogens is 3. The van der Waals surface area contributed by atoms with Crippen molar-refractivity contribution in [3.05, 3.63) is 81.4 Å².